The molecule has 3 N–H and O–H groups in total. The van der Waals surface area contributed by atoms with E-state index in [-0.39, 0.29) is 0 Å². The summed E-state index contributed by atoms with van der Waals surface area (Å²) in [5, 5.41) is 25.8. The molecule has 0 heterocycles. The molecule has 0 aromatic rings. The van der Waals surface area contributed by atoms with Crippen LogP contribution in [0, 0.1) is 11.8 Å². The molecule has 0 aromatic heterocycles. The molecule has 0 spiro atoms. The minimum absolute atomic E-state index is 0.409. The summed E-state index contributed by atoms with van der Waals surface area (Å²) < 4.78 is 0. The molecule has 0 bridgehead atoms. The lowest BCUT2D eigenvalue weighted by molar-refractivity contribution is -0.161. The molecule has 0 amide bonds. The fourth-order valence-electron chi connectivity index (χ4n) is 0.938. The van der Waals surface area contributed by atoms with Crippen LogP contribution in [0.25, 0.3) is 0 Å². The van der Waals surface area contributed by atoms with Gasteiger partial charge in [-0.2, -0.15) is 0 Å². The standard InChI is InChI=1S/C7H12O5/c1-3(2)4(6(9)10)5(8)7(11)12/h3-5,8H,1-2H3,(H,9,10)(H,11,12)/t4-,5+/m1/s1. The first kappa shape index (κ1) is 10.9. The number of carbonyl (C=O) groups is 2. The molecule has 70 valence electrons. The molecule has 12 heavy (non-hydrogen) atoms. The lowest BCUT2D eigenvalue weighted by atomic mass is 9.90. The van der Waals surface area contributed by atoms with Gasteiger partial charge in [-0.3, -0.25) is 4.79 Å². The van der Waals surface area contributed by atoms with Crippen molar-refractivity contribution in [1.29, 1.82) is 0 Å². The highest BCUT2D eigenvalue weighted by atomic mass is 16.4. The average Bonchev–Trinajstić information content (AvgIpc) is 1.85. The summed E-state index contributed by atoms with van der Waals surface area (Å²) in [5.74, 6) is -4.45. The third-order valence-electron chi connectivity index (χ3n) is 1.60. The van der Waals surface area contributed by atoms with Gasteiger partial charge in [-0.05, 0) is 5.92 Å². The van der Waals surface area contributed by atoms with Crippen molar-refractivity contribution in [3.8, 4) is 0 Å². The summed E-state index contributed by atoms with van der Waals surface area (Å²) in [6.07, 6.45) is -1.83. The predicted octanol–water partition coefficient (Wildman–Crippen LogP) is -0.211. The van der Waals surface area contributed by atoms with E-state index in [1.165, 1.54) is 0 Å². The van der Waals surface area contributed by atoms with Gasteiger partial charge in [0.1, 0.15) is 0 Å². The molecule has 0 rings (SSSR count). The first-order valence-corrected chi connectivity index (χ1v) is 3.51. The largest absolute Gasteiger partial charge is 0.481 e. The molecule has 0 saturated carbocycles. The number of rotatable bonds is 4. The number of aliphatic carboxylic acids is 2. The smallest absolute Gasteiger partial charge is 0.333 e. The van der Waals surface area contributed by atoms with Crippen molar-refractivity contribution in [2.75, 3.05) is 0 Å². The van der Waals surface area contributed by atoms with Crippen LogP contribution in [0.4, 0.5) is 0 Å². The Bertz CT molecular complexity index is 186. The van der Waals surface area contributed by atoms with Crippen molar-refractivity contribution >= 4 is 11.9 Å². The van der Waals surface area contributed by atoms with Gasteiger partial charge in [0.2, 0.25) is 0 Å². The van der Waals surface area contributed by atoms with Crippen molar-refractivity contribution in [1.82, 2.24) is 0 Å². The predicted molar refractivity (Wildman–Crippen MR) is 39.6 cm³/mol. The highest BCUT2D eigenvalue weighted by Gasteiger charge is 2.34. The van der Waals surface area contributed by atoms with E-state index in [1.807, 2.05) is 0 Å². The minimum Gasteiger partial charge on any atom is -0.481 e. The summed E-state index contributed by atoms with van der Waals surface area (Å²) in [6, 6.07) is 0. The Morgan fingerprint density at radius 1 is 1.08 bits per heavy atom. The highest BCUT2D eigenvalue weighted by Crippen LogP contribution is 2.15. The van der Waals surface area contributed by atoms with Crippen LogP contribution in [0.5, 0.6) is 0 Å². The van der Waals surface area contributed by atoms with E-state index in [4.69, 9.17) is 15.3 Å². The van der Waals surface area contributed by atoms with E-state index < -0.39 is 29.9 Å². The molecule has 5 heteroatoms. The Morgan fingerprint density at radius 2 is 1.50 bits per heavy atom. The van der Waals surface area contributed by atoms with Crippen LogP contribution in [-0.2, 0) is 9.59 Å². The molecule has 0 aliphatic heterocycles. The molecule has 0 saturated heterocycles. The Kier molecular flexibility index (Phi) is 3.69. The first-order chi connectivity index (χ1) is 5.37. The number of hydrogen-bond donors (Lipinski definition) is 3. The van der Waals surface area contributed by atoms with Crippen molar-refractivity contribution in [3.05, 3.63) is 0 Å². The van der Waals surface area contributed by atoms with E-state index >= 15 is 0 Å². The molecular weight excluding hydrogens is 164 g/mol. The second-order valence-corrected chi connectivity index (χ2v) is 2.89. The molecule has 0 aliphatic rings. The lowest BCUT2D eigenvalue weighted by Crippen LogP contribution is -2.37. The lowest BCUT2D eigenvalue weighted by Gasteiger charge is -2.18. The fraction of sp³-hybridized carbons (Fsp3) is 0.714. The van der Waals surface area contributed by atoms with Gasteiger partial charge in [-0.15, -0.1) is 0 Å². The fourth-order valence-corrected chi connectivity index (χ4v) is 0.938. The summed E-state index contributed by atoms with van der Waals surface area (Å²) in [4.78, 5) is 20.7. The molecule has 0 aliphatic carbocycles. The van der Waals surface area contributed by atoms with Crippen LogP contribution in [0.15, 0.2) is 0 Å². The van der Waals surface area contributed by atoms with Gasteiger partial charge in [0.05, 0.1) is 5.92 Å². The summed E-state index contributed by atoms with van der Waals surface area (Å²) >= 11 is 0. The number of hydrogen-bond acceptors (Lipinski definition) is 3. The van der Waals surface area contributed by atoms with E-state index in [0.29, 0.717) is 0 Å². The van der Waals surface area contributed by atoms with E-state index in [0.717, 1.165) is 0 Å². The molecule has 0 fully saturated rings. The zero-order chi connectivity index (χ0) is 9.89. The monoisotopic (exact) mass is 176 g/mol. The van der Waals surface area contributed by atoms with Crippen molar-refractivity contribution in [2.45, 2.75) is 20.0 Å². The van der Waals surface area contributed by atoms with Crippen LogP contribution >= 0.6 is 0 Å². The van der Waals surface area contributed by atoms with Crippen molar-refractivity contribution in [3.63, 3.8) is 0 Å². The maximum absolute atomic E-state index is 10.5. The number of carboxylic acid groups (broad SMARTS) is 2. The number of aliphatic hydroxyl groups excluding tert-OH is 1. The third kappa shape index (κ3) is 2.50. The Morgan fingerprint density at radius 3 is 1.58 bits per heavy atom. The maximum Gasteiger partial charge on any atom is 0.333 e. The first-order valence-electron chi connectivity index (χ1n) is 3.51. The second-order valence-electron chi connectivity index (χ2n) is 2.89. The Balaban J connectivity index is 4.51. The molecular formula is C7H12O5. The Labute approximate surface area is 69.6 Å². The average molecular weight is 176 g/mol. The maximum atomic E-state index is 10.5. The van der Waals surface area contributed by atoms with Crippen LogP contribution in [0.2, 0.25) is 0 Å². The molecule has 0 radical (unpaired) electrons. The molecule has 2 atom stereocenters. The normalized spacial score (nSPS) is 15.7. The minimum atomic E-state index is -1.83. The second kappa shape index (κ2) is 4.06. The van der Waals surface area contributed by atoms with Gasteiger partial charge < -0.3 is 15.3 Å². The van der Waals surface area contributed by atoms with Crippen LogP contribution in [0.1, 0.15) is 13.8 Å². The SMILES string of the molecule is CC(C)[C@@H](C(=O)O)[C@H](O)C(=O)O. The number of carboxylic acids is 2. The Hall–Kier alpha value is -1.10. The van der Waals surface area contributed by atoms with Gasteiger partial charge in [0, 0.05) is 0 Å². The third-order valence-corrected chi connectivity index (χ3v) is 1.60. The highest BCUT2D eigenvalue weighted by molar-refractivity contribution is 5.81. The van der Waals surface area contributed by atoms with E-state index in [2.05, 4.69) is 0 Å². The van der Waals surface area contributed by atoms with Gasteiger partial charge >= 0.3 is 11.9 Å². The van der Waals surface area contributed by atoms with Crippen molar-refractivity contribution in [2.24, 2.45) is 11.8 Å². The van der Waals surface area contributed by atoms with Gasteiger partial charge in [0.25, 0.3) is 0 Å². The van der Waals surface area contributed by atoms with E-state index in [9.17, 15) is 9.59 Å². The quantitative estimate of drug-likeness (QED) is 0.550. The zero-order valence-electron chi connectivity index (χ0n) is 6.89. The van der Waals surface area contributed by atoms with Crippen molar-refractivity contribution < 1.29 is 24.9 Å². The molecule has 0 unspecified atom stereocenters. The van der Waals surface area contributed by atoms with Crippen LogP contribution in [-0.4, -0.2) is 33.4 Å². The molecule has 5 nitrogen and oxygen atoms in total. The molecule has 0 aromatic carbocycles. The summed E-state index contributed by atoms with van der Waals surface area (Å²) in [6.45, 7) is 3.09. The van der Waals surface area contributed by atoms with E-state index in [1.54, 1.807) is 13.8 Å². The van der Waals surface area contributed by atoms with Crippen LogP contribution < -0.4 is 0 Å². The topological polar surface area (TPSA) is 94.8 Å². The van der Waals surface area contributed by atoms with Crippen LogP contribution in [0.3, 0.4) is 0 Å². The number of aliphatic hydroxyl groups is 1. The summed E-state index contributed by atoms with van der Waals surface area (Å²) in [5.41, 5.74) is 0. The van der Waals surface area contributed by atoms with Gasteiger partial charge in [-0.25, -0.2) is 4.79 Å². The van der Waals surface area contributed by atoms with Gasteiger partial charge in [-0.1, -0.05) is 13.8 Å². The summed E-state index contributed by atoms with van der Waals surface area (Å²) in [7, 11) is 0. The van der Waals surface area contributed by atoms with Gasteiger partial charge in [0.15, 0.2) is 6.10 Å². The zero-order valence-corrected chi connectivity index (χ0v) is 6.89.